The molecule has 0 spiro atoms. The molecular formula is C16H12O5. The summed E-state index contributed by atoms with van der Waals surface area (Å²) in [4.78, 5) is 22.8. The number of hydrogen-bond acceptors (Lipinski definition) is 5. The Morgan fingerprint density at radius 1 is 1.14 bits per heavy atom. The number of carbonyl (C=O) groups excluding carboxylic acids is 2. The molecule has 0 unspecified atom stereocenters. The quantitative estimate of drug-likeness (QED) is 0.623. The summed E-state index contributed by atoms with van der Waals surface area (Å²) in [5, 5.41) is 0. The first kappa shape index (κ1) is 13.2. The van der Waals surface area contributed by atoms with E-state index in [-0.39, 0.29) is 19.2 Å². The van der Waals surface area contributed by atoms with Crippen LogP contribution in [0.5, 0.6) is 17.2 Å². The second-order valence-electron chi connectivity index (χ2n) is 4.47. The van der Waals surface area contributed by atoms with E-state index in [1.807, 2.05) is 0 Å². The fraction of sp³-hybridized carbons (Fsp3) is 0.125. The summed E-state index contributed by atoms with van der Waals surface area (Å²) < 4.78 is 15.8. The summed E-state index contributed by atoms with van der Waals surface area (Å²) in [5.74, 6) is 1.49. The fourth-order valence-corrected chi connectivity index (χ4v) is 1.98. The second kappa shape index (κ2) is 5.66. The van der Waals surface area contributed by atoms with E-state index in [1.54, 1.807) is 42.5 Å². The summed E-state index contributed by atoms with van der Waals surface area (Å²) in [5.41, 5.74) is 0.994. The van der Waals surface area contributed by atoms with Gasteiger partial charge in [0.1, 0.15) is 12.0 Å². The molecule has 0 saturated heterocycles. The van der Waals surface area contributed by atoms with Crippen LogP contribution in [-0.4, -0.2) is 25.5 Å². The van der Waals surface area contributed by atoms with Crippen LogP contribution in [0.15, 0.2) is 42.5 Å². The highest BCUT2D eigenvalue weighted by atomic mass is 16.7. The third-order valence-electron chi connectivity index (χ3n) is 3.06. The van der Waals surface area contributed by atoms with Crippen molar-refractivity contribution in [2.75, 3.05) is 13.4 Å². The minimum atomic E-state index is -0.176. The molecule has 1 heterocycles. The van der Waals surface area contributed by atoms with Crippen molar-refractivity contribution in [1.29, 1.82) is 0 Å². The van der Waals surface area contributed by atoms with Gasteiger partial charge in [0, 0.05) is 11.1 Å². The summed E-state index contributed by atoms with van der Waals surface area (Å²) in [6.07, 6.45) is 0.729. The van der Waals surface area contributed by atoms with Gasteiger partial charge in [-0.1, -0.05) is 12.1 Å². The molecule has 5 nitrogen and oxygen atoms in total. The molecule has 0 saturated carbocycles. The van der Waals surface area contributed by atoms with Gasteiger partial charge in [-0.15, -0.1) is 0 Å². The van der Waals surface area contributed by atoms with Crippen molar-refractivity contribution < 1.29 is 23.8 Å². The number of benzene rings is 2. The van der Waals surface area contributed by atoms with Crippen molar-refractivity contribution in [3.05, 3.63) is 53.6 Å². The van der Waals surface area contributed by atoms with Crippen molar-refractivity contribution >= 4 is 12.1 Å². The summed E-state index contributed by atoms with van der Waals surface area (Å²) in [7, 11) is 0. The maximum Gasteiger partial charge on any atom is 0.231 e. The van der Waals surface area contributed by atoms with E-state index in [2.05, 4.69) is 0 Å². The zero-order valence-electron chi connectivity index (χ0n) is 11.1. The molecule has 21 heavy (non-hydrogen) atoms. The first-order valence-corrected chi connectivity index (χ1v) is 6.37. The molecule has 106 valence electrons. The van der Waals surface area contributed by atoms with Crippen LogP contribution in [0.1, 0.15) is 20.7 Å². The molecule has 0 amide bonds. The van der Waals surface area contributed by atoms with E-state index in [4.69, 9.17) is 14.2 Å². The van der Waals surface area contributed by atoms with Gasteiger partial charge in [0.2, 0.25) is 6.79 Å². The highest BCUT2D eigenvalue weighted by molar-refractivity contribution is 5.97. The van der Waals surface area contributed by atoms with Crippen LogP contribution < -0.4 is 14.2 Å². The van der Waals surface area contributed by atoms with Crippen molar-refractivity contribution in [2.24, 2.45) is 0 Å². The molecule has 2 aromatic carbocycles. The molecule has 2 aromatic rings. The Balaban J connectivity index is 1.67. The van der Waals surface area contributed by atoms with Crippen molar-refractivity contribution in [1.82, 2.24) is 0 Å². The standard InChI is InChI=1S/C16H12O5/c17-8-11-2-1-3-13(6-11)19-9-14(18)12-4-5-15-16(7-12)21-10-20-15/h1-8H,9-10H2. The normalized spacial score (nSPS) is 12.0. The van der Waals surface area contributed by atoms with Crippen molar-refractivity contribution in [3.63, 3.8) is 0 Å². The molecule has 3 rings (SSSR count). The summed E-state index contributed by atoms with van der Waals surface area (Å²) in [6.45, 7) is 0.0594. The van der Waals surface area contributed by atoms with E-state index in [1.165, 1.54) is 0 Å². The van der Waals surface area contributed by atoms with Gasteiger partial charge in [-0.2, -0.15) is 0 Å². The van der Waals surface area contributed by atoms with Gasteiger partial charge in [0.15, 0.2) is 23.9 Å². The van der Waals surface area contributed by atoms with Gasteiger partial charge in [0.25, 0.3) is 0 Å². The molecule has 1 aliphatic rings. The van der Waals surface area contributed by atoms with Crippen molar-refractivity contribution in [2.45, 2.75) is 0 Å². The topological polar surface area (TPSA) is 61.8 Å². The van der Waals surface area contributed by atoms with Crippen LogP contribution >= 0.6 is 0 Å². The van der Waals surface area contributed by atoms with Crippen LogP contribution in [0.3, 0.4) is 0 Å². The lowest BCUT2D eigenvalue weighted by atomic mass is 10.1. The van der Waals surface area contributed by atoms with Gasteiger partial charge >= 0.3 is 0 Å². The smallest absolute Gasteiger partial charge is 0.231 e. The van der Waals surface area contributed by atoms with E-state index in [9.17, 15) is 9.59 Å². The molecule has 0 fully saturated rings. The average molecular weight is 284 g/mol. The third-order valence-corrected chi connectivity index (χ3v) is 3.06. The largest absolute Gasteiger partial charge is 0.485 e. The predicted octanol–water partition coefficient (Wildman–Crippen LogP) is 2.49. The van der Waals surface area contributed by atoms with Gasteiger partial charge in [-0.05, 0) is 30.3 Å². The highest BCUT2D eigenvalue weighted by Gasteiger charge is 2.16. The predicted molar refractivity (Wildman–Crippen MR) is 74.2 cm³/mol. The molecule has 0 aliphatic carbocycles. The van der Waals surface area contributed by atoms with Gasteiger partial charge in [0.05, 0.1) is 0 Å². The van der Waals surface area contributed by atoms with Crippen molar-refractivity contribution in [3.8, 4) is 17.2 Å². The number of Topliss-reactive ketones (excluding diaryl/α,β-unsaturated/α-hetero) is 1. The van der Waals surface area contributed by atoms with Gasteiger partial charge in [-0.25, -0.2) is 0 Å². The van der Waals surface area contributed by atoms with Crippen LogP contribution in [0.4, 0.5) is 0 Å². The first-order valence-electron chi connectivity index (χ1n) is 6.37. The minimum Gasteiger partial charge on any atom is -0.485 e. The number of rotatable bonds is 5. The fourth-order valence-electron chi connectivity index (χ4n) is 1.98. The molecule has 5 heteroatoms. The molecule has 0 bridgehead atoms. The molecule has 0 N–H and O–H groups in total. The molecular weight excluding hydrogens is 272 g/mol. The minimum absolute atomic E-state index is 0.109. The maximum absolute atomic E-state index is 12.1. The van der Waals surface area contributed by atoms with Crippen LogP contribution in [0.2, 0.25) is 0 Å². The molecule has 0 atom stereocenters. The lowest BCUT2D eigenvalue weighted by molar-refractivity contribution is 0.0921. The van der Waals surface area contributed by atoms with Crippen LogP contribution in [0.25, 0.3) is 0 Å². The molecule has 1 aliphatic heterocycles. The molecule has 0 radical (unpaired) electrons. The second-order valence-corrected chi connectivity index (χ2v) is 4.47. The Morgan fingerprint density at radius 3 is 2.86 bits per heavy atom. The zero-order chi connectivity index (χ0) is 14.7. The zero-order valence-corrected chi connectivity index (χ0v) is 11.1. The Bertz CT molecular complexity index is 693. The Morgan fingerprint density at radius 2 is 2.00 bits per heavy atom. The number of aldehydes is 1. The van der Waals surface area contributed by atoms with Gasteiger partial charge < -0.3 is 14.2 Å². The Hall–Kier alpha value is -2.82. The average Bonchev–Trinajstić information content (AvgIpc) is 3.00. The number of ketones is 1. The summed E-state index contributed by atoms with van der Waals surface area (Å²) in [6, 6.07) is 11.6. The monoisotopic (exact) mass is 284 g/mol. The van der Waals surface area contributed by atoms with E-state index >= 15 is 0 Å². The van der Waals surface area contributed by atoms with E-state index in [0.717, 1.165) is 6.29 Å². The first-order chi connectivity index (χ1) is 10.3. The lowest BCUT2D eigenvalue weighted by Crippen LogP contribution is -2.11. The van der Waals surface area contributed by atoms with Gasteiger partial charge in [-0.3, -0.25) is 9.59 Å². The number of ether oxygens (including phenoxy) is 3. The van der Waals surface area contributed by atoms with Crippen LogP contribution in [-0.2, 0) is 0 Å². The number of fused-ring (bicyclic) bond motifs is 1. The maximum atomic E-state index is 12.1. The Kier molecular flexibility index (Phi) is 3.55. The SMILES string of the molecule is O=Cc1cccc(OCC(=O)c2ccc3c(c2)OCO3)c1. The van der Waals surface area contributed by atoms with Crippen LogP contribution in [0, 0.1) is 0 Å². The molecule has 0 aromatic heterocycles. The van der Waals surface area contributed by atoms with E-state index < -0.39 is 0 Å². The Labute approximate surface area is 121 Å². The highest BCUT2D eigenvalue weighted by Crippen LogP contribution is 2.32. The number of hydrogen-bond donors (Lipinski definition) is 0. The van der Waals surface area contributed by atoms with E-state index in [0.29, 0.717) is 28.4 Å². The lowest BCUT2D eigenvalue weighted by Gasteiger charge is -2.06. The number of carbonyl (C=O) groups is 2. The third kappa shape index (κ3) is 2.86. The summed E-state index contributed by atoms with van der Waals surface area (Å²) >= 11 is 0.